The Kier molecular flexibility index (Phi) is 7.24. The molecule has 2 aromatic heterocycles. The molecule has 0 fully saturated rings. The first kappa shape index (κ1) is 26.9. The molecule has 0 radical (unpaired) electrons. The summed E-state index contributed by atoms with van der Waals surface area (Å²) in [6.07, 6.45) is 3.07. The van der Waals surface area contributed by atoms with Crippen molar-refractivity contribution in [3.8, 4) is 5.75 Å². The highest BCUT2D eigenvalue weighted by molar-refractivity contribution is 6.74. The highest BCUT2D eigenvalue weighted by Crippen LogP contribution is 2.44. The van der Waals surface area contributed by atoms with Gasteiger partial charge in [-0.05, 0) is 55.2 Å². The summed E-state index contributed by atoms with van der Waals surface area (Å²) in [4.78, 5) is 7.62. The molecule has 0 bridgehead atoms. The predicted octanol–water partition coefficient (Wildman–Crippen LogP) is 6.61. The smallest absolute Gasteiger partial charge is 0.192 e. The van der Waals surface area contributed by atoms with E-state index in [0.29, 0.717) is 23.6 Å². The summed E-state index contributed by atoms with van der Waals surface area (Å²) >= 11 is 0. The van der Waals surface area contributed by atoms with Crippen LogP contribution in [0.1, 0.15) is 57.5 Å². The molecule has 1 unspecified atom stereocenters. The molecular weight excluding hydrogens is 489 g/mol. The van der Waals surface area contributed by atoms with E-state index in [9.17, 15) is 4.39 Å². The maximum Gasteiger partial charge on any atom is 0.192 e. The first-order valence-electron chi connectivity index (χ1n) is 12.6. The number of fused-ring (bicyclic) bond motifs is 2. The third kappa shape index (κ3) is 5.58. The van der Waals surface area contributed by atoms with Crippen LogP contribution in [0.25, 0.3) is 16.1 Å². The van der Waals surface area contributed by atoms with Crippen molar-refractivity contribution in [2.24, 2.45) is 5.11 Å². The summed E-state index contributed by atoms with van der Waals surface area (Å²) in [5.74, 6) is 0.912. The zero-order valence-corrected chi connectivity index (χ0v) is 23.7. The van der Waals surface area contributed by atoms with E-state index in [1.807, 2.05) is 32.2 Å². The lowest BCUT2D eigenvalue weighted by molar-refractivity contribution is 0.0401. The number of ether oxygens (including phenoxy) is 1. The number of aryl methyl sites for hydroxylation is 1. The number of nitrogens with one attached hydrogen (secondary N) is 1. The zero-order valence-electron chi connectivity index (χ0n) is 22.7. The quantitative estimate of drug-likeness (QED) is 0.146. The third-order valence-electron chi connectivity index (χ3n) is 7.48. The fourth-order valence-electron chi connectivity index (χ4n) is 4.23. The summed E-state index contributed by atoms with van der Waals surface area (Å²) in [7, 11) is -2.10. The number of anilines is 1. The average Bonchev–Trinajstić information content (AvgIpc) is 3.41. The first-order valence-corrected chi connectivity index (χ1v) is 15.6. The van der Waals surface area contributed by atoms with Crippen LogP contribution in [0, 0.1) is 5.82 Å². The summed E-state index contributed by atoms with van der Waals surface area (Å²) < 4.78 is 29.5. The van der Waals surface area contributed by atoms with Crippen molar-refractivity contribution in [2.45, 2.75) is 77.2 Å². The van der Waals surface area contributed by atoms with Crippen LogP contribution in [-0.4, -0.2) is 41.7 Å². The second-order valence-electron chi connectivity index (χ2n) is 11.4. The topological polar surface area (TPSA) is 109 Å². The SMILES string of the molecule is CCc1cc2nc(N[C@H](C)c3cc(F)cc4c3OC(CN=[N+]=[N-])(CO[Si](C)(C)C(C)(C)C)C4)ccn2n1. The number of aromatic nitrogens is 3. The van der Waals surface area contributed by atoms with E-state index in [2.05, 4.69) is 59.3 Å². The van der Waals surface area contributed by atoms with Gasteiger partial charge in [0.15, 0.2) is 14.0 Å². The molecule has 1 N–H and O–H groups in total. The lowest BCUT2D eigenvalue weighted by Gasteiger charge is -2.39. The fourth-order valence-corrected chi connectivity index (χ4v) is 5.29. The molecule has 3 heterocycles. The monoisotopic (exact) mass is 525 g/mol. The number of azide groups is 1. The lowest BCUT2D eigenvalue weighted by Crippen LogP contribution is -2.49. The number of nitrogens with zero attached hydrogens (tertiary/aromatic N) is 6. The van der Waals surface area contributed by atoms with Crippen molar-refractivity contribution in [1.29, 1.82) is 0 Å². The van der Waals surface area contributed by atoms with Crippen LogP contribution in [0.15, 0.2) is 35.6 Å². The lowest BCUT2D eigenvalue weighted by atomic mass is 9.96. The molecule has 0 spiro atoms. The van der Waals surface area contributed by atoms with Gasteiger partial charge in [0.25, 0.3) is 0 Å². The largest absolute Gasteiger partial charge is 0.484 e. The van der Waals surface area contributed by atoms with Crippen LogP contribution < -0.4 is 10.1 Å². The van der Waals surface area contributed by atoms with Crippen LogP contribution in [0.5, 0.6) is 5.75 Å². The average molecular weight is 526 g/mol. The van der Waals surface area contributed by atoms with E-state index >= 15 is 0 Å². The summed E-state index contributed by atoms with van der Waals surface area (Å²) in [5, 5.41) is 11.7. The molecule has 3 aromatic rings. The molecule has 4 rings (SSSR count). The number of halogens is 1. The Balaban J connectivity index is 1.61. The molecule has 0 amide bonds. The van der Waals surface area contributed by atoms with Crippen molar-refractivity contribution < 1.29 is 13.6 Å². The Morgan fingerprint density at radius 1 is 1.35 bits per heavy atom. The Labute approximate surface area is 218 Å². The van der Waals surface area contributed by atoms with Gasteiger partial charge in [-0.3, -0.25) is 0 Å². The molecule has 1 aliphatic heterocycles. The minimum absolute atomic E-state index is 0.00928. The third-order valence-corrected chi connectivity index (χ3v) is 12.0. The Hall–Kier alpha value is -3.14. The van der Waals surface area contributed by atoms with Gasteiger partial charge >= 0.3 is 0 Å². The first-order chi connectivity index (χ1) is 17.4. The van der Waals surface area contributed by atoms with Crippen molar-refractivity contribution >= 4 is 19.8 Å². The van der Waals surface area contributed by atoms with Crippen LogP contribution in [0.3, 0.4) is 0 Å². The van der Waals surface area contributed by atoms with Crippen LogP contribution >= 0.6 is 0 Å². The van der Waals surface area contributed by atoms with Gasteiger partial charge in [0.2, 0.25) is 0 Å². The summed E-state index contributed by atoms with van der Waals surface area (Å²) in [6, 6.07) is 6.48. The van der Waals surface area contributed by atoms with E-state index in [1.165, 1.54) is 12.1 Å². The second kappa shape index (κ2) is 9.96. The van der Waals surface area contributed by atoms with Gasteiger partial charge in [-0.25, -0.2) is 13.9 Å². The van der Waals surface area contributed by atoms with Crippen LogP contribution in [-0.2, 0) is 17.3 Å². The van der Waals surface area contributed by atoms with Gasteiger partial charge in [-0.2, -0.15) is 5.10 Å². The highest BCUT2D eigenvalue weighted by atomic mass is 28.4. The van der Waals surface area contributed by atoms with Gasteiger partial charge < -0.3 is 14.5 Å². The molecule has 11 heteroatoms. The molecule has 2 atom stereocenters. The summed E-state index contributed by atoms with van der Waals surface area (Å²) in [5.41, 5.74) is 11.3. The number of benzene rings is 1. The van der Waals surface area contributed by atoms with Gasteiger partial charge in [0, 0.05) is 34.7 Å². The van der Waals surface area contributed by atoms with E-state index in [1.54, 1.807) is 4.52 Å². The maximum atomic E-state index is 14.8. The Bertz CT molecular complexity index is 1350. The highest BCUT2D eigenvalue weighted by Gasteiger charge is 2.45. The zero-order chi connectivity index (χ0) is 27.0. The van der Waals surface area contributed by atoms with Crippen molar-refractivity contribution in [2.75, 3.05) is 18.5 Å². The van der Waals surface area contributed by atoms with Crippen molar-refractivity contribution in [1.82, 2.24) is 14.6 Å². The molecule has 0 saturated heterocycles. The minimum Gasteiger partial charge on any atom is -0.484 e. The molecule has 1 aromatic carbocycles. The molecule has 198 valence electrons. The van der Waals surface area contributed by atoms with Crippen molar-refractivity contribution in [3.63, 3.8) is 0 Å². The van der Waals surface area contributed by atoms with E-state index in [0.717, 1.165) is 23.3 Å². The number of rotatable bonds is 9. The van der Waals surface area contributed by atoms with Crippen molar-refractivity contribution in [3.05, 3.63) is 63.5 Å². The number of hydrogen-bond donors (Lipinski definition) is 1. The van der Waals surface area contributed by atoms with Crippen LogP contribution in [0.4, 0.5) is 10.2 Å². The fraction of sp³-hybridized carbons (Fsp3) is 0.538. The molecule has 0 saturated carbocycles. The molecule has 37 heavy (non-hydrogen) atoms. The van der Waals surface area contributed by atoms with E-state index in [-0.39, 0.29) is 30.0 Å². The molecule has 0 aliphatic carbocycles. The predicted molar refractivity (Wildman–Crippen MR) is 145 cm³/mol. The Morgan fingerprint density at radius 2 is 2.11 bits per heavy atom. The minimum atomic E-state index is -2.10. The second-order valence-corrected chi connectivity index (χ2v) is 16.2. The van der Waals surface area contributed by atoms with Gasteiger partial charge in [-0.1, -0.05) is 32.8 Å². The molecule has 9 nitrogen and oxygen atoms in total. The molecule has 1 aliphatic rings. The van der Waals surface area contributed by atoms with Gasteiger partial charge in [0.05, 0.1) is 24.9 Å². The standard InChI is InChI=1S/C26H36FN7O2Si/c1-8-20-13-23-31-22(9-10-34(23)32-20)30-17(2)21-12-19(27)11-18-14-26(15-29-33-28,36-24(18)21)16-35-37(6,7)25(3,4)5/h9-13,17H,8,14-16H2,1-7H3,(H,30,31)/t17-,26?/m1/s1. The number of hydrogen-bond acceptors (Lipinski definition) is 6. The maximum absolute atomic E-state index is 14.8. The van der Waals surface area contributed by atoms with Gasteiger partial charge in [0.1, 0.15) is 23.0 Å². The van der Waals surface area contributed by atoms with E-state index < -0.39 is 13.9 Å². The normalized spacial score (nSPS) is 18.3. The van der Waals surface area contributed by atoms with E-state index in [4.69, 9.17) is 14.7 Å². The summed E-state index contributed by atoms with van der Waals surface area (Å²) in [6.45, 7) is 15.2. The molecular formula is C26H36FN7O2Si. The van der Waals surface area contributed by atoms with Gasteiger partial charge in [-0.15, -0.1) is 0 Å². The Morgan fingerprint density at radius 3 is 2.78 bits per heavy atom. The van der Waals surface area contributed by atoms with Crippen LogP contribution in [0.2, 0.25) is 18.1 Å².